The standard InChI is InChI=1S/C15H21N5O.HI/c1-4-12-7-5-6-8-13(12)9-17-15(16-3)18-10-14-19-11(2)21-20-14;/h5-8H,4,9-10H2,1-3H3,(H2,16,17,18);1H. The second kappa shape index (κ2) is 9.39. The van der Waals surface area contributed by atoms with E-state index in [-0.39, 0.29) is 24.0 Å². The van der Waals surface area contributed by atoms with E-state index in [2.05, 4.69) is 57.0 Å². The van der Waals surface area contributed by atoms with E-state index in [1.165, 1.54) is 11.1 Å². The van der Waals surface area contributed by atoms with E-state index in [1.807, 2.05) is 0 Å². The minimum Gasteiger partial charge on any atom is -0.352 e. The lowest BCUT2D eigenvalue weighted by Crippen LogP contribution is -2.36. The Balaban J connectivity index is 0.00000242. The predicted molar refractivity (Wildman–Crippen MR) is 97.3 cm³/mol. The molecule has 2 aromatic rings. The molecule has 1 aromatic carbocycles. The van der Waals surface area contributed by atoms with Crippen molar-refractivity contribution in [2.75, 3.05) is 7.05 Å². The third kappa shape index (κ3) is 5.28. The highest BCUT2D eigenvalue weighted by molar-refractivity contribution is 14.0. The summed E-state index contributed by atoms with van der Waals surface area (Å²) in [6.45, 7) is 5.14. The molecule has 2 N–H and O–H groups in total. The van der Waals surface area contributed by atoms with Crippen LogP contribution in [0, 0.1) is 6.92 Å². The summed E-state index contributed by atoms with van der Waals surface area (Å²) < 4.78 is 4.93. The molecule has 6 nitrogen and oxygen atoms in total. The van der Waals surface area contributed by atoms with Crippen LogP contribution in [0.4, 0.5) is 0 Å². The molecule has 1 heterocycles. The predicted octanol–water partition coefficient (Wildman–Crippen LogP) is 2.42. The van der Waals surface area contributed by atoms with Crippen LogP contribution in [-0.4, -0.2) is 23.1 Å². The zero-order valence-electron chi connectivity index (χ0n) is 13.1. The first-order chi connectivity index (χ1) is 10.2. The van der Waals surface area contributed by atoms with E-state index < -0.39 is 0 Å². The lowest BCUT2D eigenvalue weighted by atomic mass is 10.1. The van der Waals surface area contributed by atoms with Crippen molar-refractivity contribution in [3.63, 3.8) is 0 Å². The molecule has 0 spiro atoms. The second-order valence-electron chi connectivity index (χ2n) is 4.63. The summed E-state index contributed by atoms with van der Waals surface area (Å²) in [5.74, 6) is 1.89. The number of hydrogen-bond acceptors (Lipinski definition) is 4. The first-order valence-electron chi connectivity index (χ1n) is 7.03. The van der Waals surface area contributed by atoms with Crippen molar-refractivity contribution in [2.24, 2.45) is 4.99 Å². The smallest absolute Gasteiger partial charge is 0.223 e. The van der Waals surface area contributed by atoms with Gasteiger partial charge < -0.3 is 15.2 Å². The highest BCUT2D eigenvalue weighted by atomic mass is 127. The van der Waals surface area contributed by atoms with Crippen molar-refractivity contribution in [3.05, 3.63) is 47.1 Å². The Bertz CT molecular complexity index is 611. The summed E-state index contributed by atoms with van der Waals surface area (Å²) >= 11 is 0. The van der Waals surface area contributed by atoms with Gasteiger partial charge >= 0.3 is 0 Å². The number of halogens is 1. The molecule has 22 heavy (non-hydrogen) atoms. The number of guanidine groups is 1. The van der Waals surface area contributed by atoms with Gasteiger partial charge in [0.1, 0.15) is 0 Å². The number of hydrogen-bond donors (Lipinski definition) is 2. The van der Waals surface area contributed by atoms with Crippen LogP contribution in [-0.2, 0) is 19.5 Å². The fourth-order valence-electron chi connectivity index (χ4n) is 2.05. The molecule has 0 amide bonds. The van der Waals surface area contributed by atoms with Crippen molar-refractivity contribution in [1.82, 2.24) is 20.8 Å². The third-order valence-electron chi connectivity index (χ3n) is 3.15. The van der Waals surface area contributed by atoms with Crippen LogP contribution in [0.15, 0.2) is 33.8 Å². The molecule has 0 bridgehead atoms. The molecular formula is C15H22IN5O. The van der Waals surface area contributed by atoms with Crippen LogP contribution < -0.4 is 10.6 Å². The second-order valence-corrected chi connectivity index (χ2v) is 4.63. The largest absolute Gasteiger partial charge is 0.352 e. The van der Waals surface area contributed by atoms with Gasteiger partial charge in [0.25, 0.3) is 0 Å². The molecule has 2 rings (SSSR count). The Labute approximate surface area is 147 Å². The quantitative estimate of drug-likeness (QED) is 0.446. The van der Waals surface area contributed by atoms with Crippen molar-refractivity contribution >= 4 is 29.9 Å². The maximum atomic E-state index is 4.93. The molecule has 0 aliphatic rings. The molecule has 0 aliphatic heterocycles. The molecule has 0 saturated carbocycles. The minimum atomic E-state index is 0. The van der Waals surface area contributed by atoms with Gasteiger partial charge in [-0.25, -0.2) is 0 Å². The minimum absolute atomic E-state index is 0. The van der Waals surface area contributed by atoms with Crippen LogP contribution in [0.1, 0.15) is 29.8 Å². The number of aryl methyl sites for hydroxylation is 2. The average molecular weight is 415 g/mol. The van der Waals surface area contributed by atoms with E-state index in [9.17, 15) is 0 Å². The van der Waals surface area contributed by atoms with Gasteiger partial charge in [-0.15, -0.1) is 24.0 Å². The summed E-state index contributed by atoms with van der Waals surface area (Å²) in [5.41, 5.74) is 2.62. The topological polar surface area (TPSA) is 75.3 Å². The number of nitrogens with one attached hydrogen (secondary N) is 2. The summed E-state index contributed by atoms with van der Waals surface area (Å²) in [6.07, 6.45) is 1.02. The van der Waals surface area contributed by atoms with Gasteiger partial charge in [0, 0.05) is 20.5 Å². The van der Waals surface area contributed by atoms with Crippen molar-refractivity contribution in [3.8, 4) is 0 Å². The van der Waals surface area contributed by atoms with Gasteiger partial charge in [0.15, 0.2) is 11.8 Å². The lowest BCUT2D eigenvalue weighted by Gasteiger charge is -2.12. The molecular weight excluding hydrogens is 393 g/mol. The van der Waals surface area contributed by atoms with E-state index >= 15 is 0 Å². The molecule has 0 fully saturated rings. The van der Waals surface area contributed by atoms with Crippen LogP contribution in [0.25, 0.3) is 0 Å². The fraction of sp³-hybridized carbons (Fsp3) is 0.400. The first-order valence-corrected chi connectivity index (χ1v) is 7.03. The summed E-state index contributed by atoms with van der Waals surface area (Å²) in [6, 6.07) is 8.39. The normalized spacial score (nSPS) is 11.0. The Morgan fingerprint density at radius 3 is 2.45 bits per heavy atom. The van der Waals surface area contributed by atoms with Crippen LogP contribution in [0.2, 0.25) is 0 Å². The maximum absolute atomic E-state index is 4.93. The summed E-state index contributed by atoms with van der Waals surface area (Å²) in [5, 5.41) is 10.3. The Hall–Kier alpha value is -1.64. The molecule has 120 valence electrons. The number of aliphatic imine (C=N–C) groups is 1. The van der Waals surface area contributed by atoms with Gasteiger partial charge in [0.2, 0.25) is 5.89 Å². The number of benzene rings is 1. The summed E-state index contributed by atoms with van der Waals surface area (Å²) in [7, 11) is 1.74. The van der Waals surface area contributed by atoms with Gasteiger partial charge in [-0.2, -0.15) is 4.98 Å². The highest BCUT2D eigenvalue weighted by Crippen LogP contribution is 2.08. The van der Waals surface area contributed by atoms with E-state index in [4.69, 9.17) is 4.52 Å². The molecule has 0 saturated heterocycles. The lowest BCUT2D eigenvalue weighted by molar-refractivity contribution is 0.387. The molecule has 0 atom stereocenters. The van der Waals surface area contributed by atoms with Crippen molar-refractivity contribution < 1.29 is 4.52 Å². The summed E-state index contributed by atoms with van der Waals surface area (Å²) in [4.78, 5) is 8.33. The van der Waals surface area contributed by atoms with Gasteiger partial charge in [0.05, 0.1) is 6.54 Å². The number of rotatable bonds is 5. The van der Waals surface area contributed by atoms with Crippen molar-refractivity contribution in [1.29, 1.82) is 0 Å². The molecule has 0 aliphatic carbocycles. The van der Waals surface area contributed by atoms with E-state index in [0.29, 0.717) is 24.2 Å². The maximum Gasteiger partial charge on any atom is 0.223 e. The van der Waals surface area contributed by atoms with Crippen molar-refractivity contribution in [2.45, 2.75) is 33.4 Å². The Kier molecular flexibility index (Phi) is 7.86. The Morgan fingerprint density at radius 2 is 1.86 bits per heavy atom. The number of nitrogens with zero attached hydrogens (tertiary/aromatic N) is 3. The van der Waals surface area contributed by atoms with Gasteiger partial charge in [-0.3, -0.25) is 4.99 Å². The number of aromatic nitrogens is 2. The molecule has 0 unspecified atom stereocenters. The fourth-order valence-corrected chi connectivity index (χ4v) is 2.05. The van der Waals surface area contributed by atoms with Gasteiger partial charge in [-0.05, 0) is 17.5 Å². The third-order valence-corrected chi connectivity index (χ3v) is 3.15. The highest BCUT2D eigenvalue weighted by Gasteiger charge is 2.05. The Morgan fingerprint density at radius 1 is 1.18 bits per heavy atom. The van der Waals surface area contributed by atoms with Gasteiger partial charge in [-0.1, -0.05) is 36.3 Å². The first kappa shape index (κ1) is 18.4. The van der Waals surface area contributed by atoms with E-state index in [1.54, 1.807) is 14.0 Å². The van der Waals surface area contributed by atoms with Crippen LogP contribution in [0.5, 0.6) is 0 Å². The zero-order valence-corrected chi connectivity index (χ0v) is 15.4. The SMILES string of the molecule is CCc1ccccc1CNC(=NC)NCc1noc(C)n1.I. The van der Waals surface area contributed by atoms with E-state index in [0.717, 1.165) is 13.0 Å². The van der Waals surface area contributed by atoms with Crippen LogP contribution >= 0.6 is 24.0 Å². The molecule has 7 heteroatoms. The monoisotopic (exact) mass is 415 g/mol. The zero-order chi connectivity index (χ0) is 15.1. The average Bonchev–Trinajstić information content (AvgIpc) is 2.93. The molecule has 0 radical (unpaired) electrons. The van der Waals surface area contributed by atoms with Crippen LogP contribution in [0.3, 0.4) is 0 Å². The molecule has 1 aromatic heterocycles.